The summed E-state index contributed by atoms with van der Waals surface area (Å²) in [6, 6.07) is 17.4. The summed E-state index contributed by atoms with van der Waals surface area (Å²) in [7, 11) is 0. The first-order valence-corrected chi connectivity index (χ1v) is 14.3. The van der Waals surface area contributed by atoms with E-state index in [9.17, 15) is 9.59 Å². The van der Waals surface area contributed by atoms with E-state index >= 15 is 0 Å². The van der Waals surface area contributed by atoms with Crippen LogP contribution in [0.2, 0.25) is 0 Å². The summed E-state index contributed by atoms with van der Waals surface area (Å²) in [6.07, 6.45) is 2.57. The molecule has 0 spiro atoms. The van der Waals surface area contributed by atoms with E-state index in [0.717, 1.165) is 42.9 Å². The van der Waals surface area contributed by atoms with Crippen molar-refractivity contribution in [2.24, 2.45) is 0 Å². The highest BCUT2D eigenvalue weighted by Gasteiger charge is 2.29. The SMILES string of the molecule is Cc1ccc(-c2ccc(N3CCCN(C(=O)CN(C[C@@H]4CCCO4)C(=O)c4ccc5c(c4)OCO5)CC3)nn2)cc1. The van der Waals surface area contributed by atoms with Gasteiger partial charge in [-0.15, -0.1) is 10.2 Å². The zero-order valence-electron chi connectivity index (χ0n) is 23.3. The van der Waals surface area contributed by atoms with Gasteiger partial charge < -0.3 is 28.9 Å². The molecule has 4 heterocycles. The van der Waals surface area contributed by atoms with Gasteiger partial charge in [0.2, 0.25) is 12.7 Å². The van der Waals surface area contributed by atoms with Gasteiger partial charge in [0, 0.05) is 50.5 Å². The lowest BCUT2D eigenvalue weighted by Gasteiger charge is -2.28. The van der Waals surface area contributed by atoms with Crippen molar-refractivity contribution in [3.8, 4) is 22.8 Å². The maximum Gasteiger partial charge on any atom is 0.254 e. The van der Waals surface area contributed by atoms with Crippen molar-refractivity contribution >= 4 is 17.6 Å². The Hall–Kier alpha value is -4.18. The average molecular weight is 558 g/mol. The van der Waals surface area contributed by atoms with Gasteiger partial charge in [0.1, 0.15) is 6.54 Å². The van der Waals surface area contributed by atoms with Crippen LogP contribution in [0, 0.1) is 6.92 Å². The first kappa shape index (κ1) is 27.0. The Bertz CT molecular complexity index is 1370. The van der Waals surface area contributed by atoms with Gasteiger partial charge >= 0.3 is 0 Å². The molecule has 41 heavy (non-hydrogen) atoms. The lowest BCUT2D eigenvalue weighted by Crippen LogP contribution is -2.46. The van der Waals surface area contributed by atoms with Crippen LogP contribution in [0.4, 0.5) is 5.82 Å². The number of anilines is 1. The predicted octanol–water partition coefficient (Wildman–Crippen LogP) is 3.54. The summed E-state index contributed by atoms with van der Waals surface area (Å²) in [5, 5.41) is 8.94. The minimum atomic E-state index is -0.215. The van der Waals surface area contributed by atoms with Crippen molar-refractivity contribution in [1.29, 1.82) is 0 Å². The fourth-order valence-corrected chi connectivity index (χ4v) is 5.50. The van der Waals surface area contributed by atoms with Crippen LogP contribution in [0.1, 0.15) is 35.2 Å². The molecular formula is C31H35N5O5. The van der Waals surface area contributed by atoms with Gasteiger partial charge in [-0.25, -0.2) is 0 Å². The van der Waals surface area contributed by atoms with E-state index in [0.29, 0.717) is 49.8 Å². The summed E-state index contributed by atoms with van der Waals surface area (Å²) in [4.78, 5) is 32.7. The van der Waals surface area contributed by atoms with Crippen molar-refractivity contribution < 1.29 is 23.8 Å². The number of aryl methyl sites for hydroxylation is 1. The second-order valence-corrected chi connectivity index (χ2v) is 10.8. The summed E-state index contributed by atoms with van der Waals surface area (Å²) in [5.74, 6) is 1.68. The molecule has 0 N–H and O–H groups in total. The minimum absolute atomic E-state index is 0.00180. The number of hydrogen-bond acceptors (Lipinski definition) is 8. The Balaban J connectivity index is 1.10. The molecule has 2 aromatic carbocycles. The molecule has 0 radical (unpaired) electrons. The third-order valence-corrected chi connectivity index (χ3v) is 7.85. The predicted molar refractivity (Wildman–Crippen MR) is 153 cm³/mol. The van der Waals surface area contributed by atoms with Crippen LogP contribution in [0.3, 0.4) is 0 Å². The Morgan fingerprint density at radius 3 is 2.56 bits per heavy atom. The van der Waals surface area contributed by atoms with Crippen LogP contribution in [-0.4, -0.2) is 90.6 Å². The third kappa shape index (κ3) is 6.27. The monoisotopic (exact) mass is 557 g/mol. The molecule has 2 fully saturated rings. The number of nitrogens with zero attached hydrogens (tertiary/aromatic N) is 5. The molecule has 10 heteroatoms. The van der Waals surface area contributed by atoms with E-state index < -0.39 is 0 Å². The Morgan fingerprint density at radius 1 is 0.927 bits per heavy atom. The molecule has 0 bridgehead atoms. The van der Waals surface area contributed by atoms with Crippen molar-refractivity contribution in [2.45, 2.75) is 32.3 Å². The standard InChI is InChI=1S/C31H35N5O5/c1-22-5-7-23(8-6-22)26-10-12-29(33-32-26)34-13-3-14-35(16-15-34)30(37)20-36(19-25-4-2-17-39-25)31(38)24-9-11-27-28(18-24)41-21-40-27/h5-12,18,25H,2-4,13-17,19-21H2,1H3/t25-/m0/s1. The summed E-state index contributed by atoms with van der Waals surface area (Å²) in [5.41, 5.74) is 3.54. The number of rotatable bonds is 7. The van der Waals surface area contributed by atoms with Crippen molar-refractivity contribution in [1.82, 2.24) is 20.0 Å². The van der Waals surface area contributed by atoms with Crippen LogP contribution in [0.15, 0.2) is 54.6 Å². The topological polar surface area (TPSA) is 97.3 Å². The number of ether oxygens (including phenoxy) is 3. The second kappa shape index (κ2) is 12.1. The van der Waals surface area contributed by atoms with Crippen LogP contribution >= 0.6 is 0 Å². The Kier molecular flexibility index (Phi) is 8.00. The van der Waals surface area contributed by atoms with E-state index in [4.69, 9.17) is 14.2 Å². The first-order valence-electron chi connectivity index (χ1n) is 14.3. The number of aromatic nitrogens is 2. The normalized spacial score (nSPS) is 18.3. The summed E-state index contributed by atoms with van der Waals surface area (Å²) < 4.78 is 16.7. The van der Waals surface area contributed by atoms with E-state index in [1.54, 1.807) is 23.1 Å². The maximum absolute atomic E-state index is 13.6. The van der Waals surface area contributed by atoms with Gasteiger partial charge in [0.25, 0.3) is 5.91 Å². The molecule has 2 saturated heterocycles. The number of carbonyl (C=O) groups is 2. The van der Waals surface area contributed by atoms with E-state index in [1.165, 1.54) is 5.56 Å². The van der Waals surface area contributed by atoms with Crippen molar-refractivity contribution in [3.05, 3.63) is 65.7 Å². The molecule has 1 atom stereocenters. The second-order valence-electron chi connectivity index (χ2n) is 10.8. The third-order valence-electron chi connectivity index (χ3n) is 7.85. The number of hydrogen-bond donors (Lipinski definition) is 0. The van der Waals surface area contributed by atoms with Crippen LogP contribution in [0.5, 0.6) is 11.5 Å². The molecule has 214 valence electrons. The summed E-state index contributed by atoms with van der Waals surface area (Å²) >= 11 is 0. The van der Waals surface area contributed by atoms with E-state index in [-0.39, 0.29) is 31.3 Å². The molecule has 0 unspecified atom stereocenters. The maximum atomic E-state index is 13.6. The van der Waals surface area contributed by atoms with Gasteiger partial charge in [0.05, 0.1) is 11.8 Å². The van der Waals surface area contributed by atoms with Gasteiger partial charge in [-0.1, -0.05) is 29.8 Å². The smallest absolute Gasteiger partial charge is 0.254 e. The van der Waals surface area contributed by atoms with Gasteiger partial charge in [0.15, 0.2) is 17.3 Å². The molecule has 0 saturated carbocycles. The zero-order chi connectivity index (χ0) is 28.2. The van der Waals surface area contributed by atoms with Crippen molar-refractivity contribution in [3.63, 3.8) is 0 Å². The van der Waals surface area contributed by atoms with Gasteiger partial charge in [-0.05, 0) is 56.5 Å². The lowest BCUT2D eigenvalue weighted by molar-refractivity contribution is -0.132. The molecule has 0 aliphatic carbocycles. The van der Waals surface area contributed by atoms with E-state index in [2.05, 4.69) is 34.2 Å². The highest BCUT2D eigenvalue weighted by molar-refractivity contribution is 5.97. The fraction of sp³-hybridized carbons (Fsp3) is 0.419. The van der Waals surface area contributed by atoms with Gasteiger partial charge in [-0.2, -0.15) is 0 Å². The molecule has 3 aliphatic heterocycles. The average Bonchev–Trinajstić information content (AvgIpc) is 3.63. The molecule has 3 aliphatic rings. The molecule has 2 amide bonds. The van der Waals surface area contributed by atoms with Crippen LogP contribution < -0.4 is 14.4 Å². The molecular weight excluding hydrogens is 522 g/mol. The summed E-state index contributed by atoms with van der Waals surface area (Å²) in [6.45, 7) is 5.85. The van der Waals surface area contributed by atoms with Crippen LogP contribution in [-0.2, 0) is 9.53 Å². The number of amides is 2. The quantitative estimate of drug-likeness (QED) is 0.435. The Morgan fingerprint density at radius 2 is 1.78 bits per heavy atom. The van der Waals surface area contributed by atoms with Crippen LogP contribution in [0.25, 0.3) is 11.3 Å². The number of benzene rings is 2. The lowest BCUT2D eigenvalue weighted by atomic mass is 10.1. The molecule has 10 nitrogen and oxygen atoms in total. The highest BCUT2D eigenvalue weighted by atomic mass is 16.7. The first-order chi connectivity index (χ1) is 20.0. The largest absolute Gasteiger partial charge is 0.454 e. The highest BCUT2D eigenvalue weighted by Crippen LogP contribution is 2.33. The minimum Gasteiger partial charge on any atom is -0.454 e. The molecule has 6 rings (SSSR count). The molecule has 3 aromatic rings. The van der Waals surface area contributed by atoms with Crippen molar-refractivity contribution in [2.75, 3.05) is 57.6 Å². The van der Waals surface area contributed by atoms with E-state index in [1.807, 2.05) is 29.2 Å². The fourth-order valence-electron chi connectivity index (χ4n) is 5.50. The van der Waals surface area contributed by atoms with Gasteiger partial charge in [-0.3, -0.25) is 9.59 Å². The molecule has 1 aromatic heterocycles. The number of carbonyl (C=O) groups excluding carboxylic acids is 2. The Labute approximate surface area is 239 Å². The zero-order valence-corrected chi connectivity index (χ0v) is 23.3. The number of fused-ring (bicyclic) bond motifs is 1.